The highest BCUT2D eigenvalue weighted by Gasteiger charge is 2.25. The van der Waals surface area contributed by atoms with Gasteiger partial charge in [0.05, 0.1) is 0 Å². The summed E-state index contributed by atoms with van der Waals surface area (Å²) in [6.07, 6.45) is 10.3. The maximum absolute atomic E-state index is 11.8. The van der Waals surface area contributed by atoms with Crippen molar-refractivity contribution in [2.45, 2.75) is 38.1 Å². The Labute approximate surface area is 103 Å². The van der Waals surface area contributed by atoms with Crippen molar-refractivity contribution in [3.63, 3.8) is 0 Å². The number of carbonyl (C=O) groups is 1. The molecule has 1 aliphatic rings. The summed E-state index contributed by atoms with van der Waals surface area (Å²) in [4.78, 5) is 13.4. The van der Waals surface area contributed by atoms with Crippen molar-refractivity contribution in [1.29, 1.82) is 0 Å². The van der Waals surface area contributed by atoms with E-state index in [2.05, 4.69) is 5.92 Å². The van der Waals surface area contributed by atoms with E-state index < -0.39 is 15.6 Å². The second-order valence-electron chi connectivity index (χ2n) is 4.53. The van der Waals surface area contributed by atoms with Crippen LogP contribution < -0.4 is 0 Å². The van der Waals surface area contributed by atoms with Gasteiger partial charge in [0.15, 0.2) is 9.84 Å². The van der Waals surface area contributed by atoms with Gasteiger partial charge in [0.25, 0.3) is 0 Å². The third kappa shape index (κ3) is 4.39. The van der Waals surface area contributed by atoms with E-state index in [0.29, 0.717) is 0 Å². The van der Waals surface area contributed by atoms with Gasteiger partial charge in [-0.3, -0.25) is 4.79 Å². The van der Waals surface area contributed by atoms with Crippen LogP contribution in [0.1, 0.15) is 32.1 Å². The molecule has 0 aromatic heterocycles. The molecule has 1 fully saturated rings. The molecule has 96 valence electrons. The summed E-state index contributed by atoms with van der Waals surface area (Å²) in [5.41, 5.74) is 0. The van der Waals surface area contributed by atoms with Crippen molar-refractivity contribution in [1.82, 2.24) is 4.90 Å². The molecule has 0 spiro atoms. The largest absolute Gasteiger partial charge is 0.342 e. The topological polar surface area (TPSA) is 54.5 Å². The number of hydrogen-bond acceptors (Lipinski definition) is 3. The molecule has 1 amide bonds. The number of sulfone groups is 1. The molecule has 0 radical (unpaired) electrons. The summed E-state index contributed by atoms with van der Waals surface area (Å²) < 4.78 is 22.9. The smallest absolute Gasteiger partial charge is 0.237 e. The Balaban J connectivity index is 2.55. The Morgan fingerprint density at radius 1 is 1.35 bits per heavy atom. The third-order valence-corrected chi connectivity index (χ3v) is 4.46. The summed E-state index contributed by atoms with van der Waals surface area (Å²) in [6, 6.07) is 0.192. The van der Waals surface area contributed by atoms with Gasteiger partial charge in [-0.05, 0) is 12.8 Å². The quantitative estimate of drug-likeness (QED) is 0.701. The molecule has 0 aromatic carbocycles. The maximum Gasteiger partial charge on any atom is 0.237 e. The van der Waals surface area contributed by atoms with Crippen LogP contribution in [-0.4, -0.2) is 43.8 Å². The van der Waals surface area contributed by atoms with E-state index >= 15 is 0 Å². The van der Waals surface area contributed by atoms with Gasteiger partial charge in [-0.25, -0.2) is 8.42 Å². The van der Waals surface area contributed by atoms with E-state index in [1.807, 2.05) is 0 Å². The molecule has 17 heavy (non-hydrogen) atoms. The van der Waals surface area contributed by atoms with Gasteiger partial charge in [-0.2, -0.15) is 0 Å². The Morgan fingerprint density at radius 2 is 1.94 bits per heavy atom. The molecule has 0 saturated heterocycles. The first-order chi connectivity index (χ1) is 7.96. The van der Waals surface area contributed by atoms with Crippen molar-refractivity contribution in [3.05, 3.63) is 0 Å². The first kappa shape index (κ1) is 14.0. The molecule has 0 atom stereocenters. The van der Waals surface area contributed by atoms with E-state index in [9.17, 15) is 13.2 Å². The lowest BCUT2D eigenvalue weighted by molar-refractivity contribution is -0.129. The lowest BCUT2D eigenvalue weighted by Gasteiger charge is -2.31. The van der Waals surface area contributed by atoms with E-state index in [-0.39, 0.29) is 17.7 Å². The van der Waals surface area contributed by atoms with Gasteiger partial charge < -0.3 is 4.90 Å². The Hall–Kier alpha value is -1.02. The van der Waals surface area contributed by atoms with Gasteiger partial charge >= 0.3 is 0 Å². The van der Waals surface area contributed by atoms with Crippen molar-refractivity contribution in [3.8, 4) is 12.3 Å². The van der Waals surface area contributed by atoms with Crippen molar-refractivity contribution in [2.24, 2.45) is 0 Å². The van der Waals surface area contributed by atoms with Gasteiger partial charge in [0, 0.05) is 13.1 Å². The van der Waals surface area contributed by atoms with E-state index in [0.717, 1.165) is 25.7 Å². The van der Waals surface area contributed by atoms with Crippen LogP contribution in [0.15, 0.2) is 0 Å². The van der Waals surface area contributed by atoms with E-state index in [1.54, 1.807) is 11.9 Å². The molecule has 0 aliphatic heterocycles. The highest BCUT2D eigenvalue weighted by Crippen LogP contribution is 2.21. The molecule has 4 nitrogen and oxygen atoms in total. The molecule has 0 aromatic rings. The molecular weight excluding hydrogens is 238 g/mol. The van der Waals surface area contributed by atoms with Crippen LogP contribution in [-0.2, 0) is 14.6 Å². The minimum atomic E-state index is -3.44. The highest BCUT2D eigenvalue weighted by atomic mass is 32.2. The average Bonchev–Trinajstić information content (AvgIpc) is 2.28. The normalized spacial score (nSPS) is 17.4. The predicted octanol–water partition coefficient (Wildman–Crippen LogP) is 0.825. The number of rotatable bonds is 4. The van der Waals surface area contributed by atoms with Crippen molar-refractivity contribution < 1.29 is 13.2 Å². The van der Waals surface area contributed by atoms with Crippen LogP contribution in [0.3, 0.4) is 0 Å². The van der Waals surface area contributed by atoms with Gasteiger partial charge in [-0.1, -0.05) is 25.2 Å². The Kier molecular flexibility index (Phi) is 5.01. The summed E-state index contributed by atoms with van der Waals surface area (Å²) in [5.74, 6) is 0.901. The zero-order valence-electron chi connectivity index (χ0n) is 10.2. The molecular formula is C12H19NO3S. The molecule has 0 heterocycles. The lowest BCUT2D eigenvalue weighted by Crippen LogP contribution is -2.41. The summed E-state index contributed by atoms with van der Waals surface area (Å²) in [5, 5.41) is 0. The number of terminal acetylenes is 1. The summed E-state index contributed by atoms with van der Waals surface area (Å²) in [7, 11) is -1.76. The number of hydrogen-bond donors (Lipinski definition) is 0. The van der Waals surface area contributed by atoms with E-state index in [1.165, 1.54) is 6.42 Å². The second kappa shape index (κ2) is 6.06. The summed E-state index contributed by atoms with van der Waals surface area (Å²) >= 11 is 0. The molecule has 1 aliphatic carbocycles. The minimum Gasteiger partial charge on any atom is -0.342 e. The SMILES string of the molecule is C#CCS(=O)(=O)CC(=O)N(C)C1CCCCC1. The predicted molar refractivity (Wildman–Crippen MR) is 67.1 cm³/mol. The minimum absolute atomic E-state index is 0.192. The molecule has 0 unspecified atom stereocenters. The van der Waals surface area contributed by atoms with Crippen molar-refractivity contribution in [2.75, 3.05) is 18.6 Å². The van der Waals surface area contributed by atoms with Gasteiger partial charge in [0.1, 0.15) is 11.5 Å². The van der Waals surface area contributed by atoms with Crippen LogP contribution in [0.2, 0.25) is 0 Å². The zero-order valence-corrected chi connectivity index (χ0v) is 11.0. The van der Waals surface area contributed by atoms with Crippen LogP contribution in [0.4, 0.5) is 0 Å². The Bertz CT molecular complexity index is 402. The average molecular weight is 257 g/mol. The fourth-order valence-corrected chi connectivity index (χ4v) is 3.08. The summed E-state index contributed by atoms with van der Waals surface area (Å²) in [6.45, 7) is 0. The number of nitrogens with zero attached hydrogens (tertiary/aromatic N) is 1. The van der Waals surface area contributed by atoms with Crippen molar-refractivity contribution >= 4 is 15.7 Å². The highest BCUT2D eigenvalue weighted by molar-refractivity contribution is 7.92. The monoisotopic (exact) mass is 257 g/mol. The first-order valence-electron chi connectivity index (χ1n) is 5.86. The molecule has 5 heteroatoms. The lowest BCUT2D eigenvalue weighted by atomic mass is 9.94. The van der Waals surface area contributed by atoms with Crippen LogP contribution in [0, 0.1) is 12.3 Å². The molecule has 1 saturated carbocycles. The third-order valence-electron chi connectivity index (χ3n) is 3.16. The zero-order chi connectivity index (χ0) is 12.9. The molecule has 0 bridgehead atoms. The van der Waals surface area contributed by atoms with Crippen LogP contribution in [0.5, 0.6) is 0 Å². The first-order valence-corrected chi connectivity index (χ1v) is 7.68. The second-order valence-corrected chi connectivity index (χ2v) is 6.60. The Morgan fingerprint density at radius 3 is 2.47 bits per heavy atom. The van der Waals surface area contributed by atoms with Gasteiger partial charge in [-0.15, -0.1) is 6.42 Å². The van der Waals surface area contributed by atoms with Gasteiger partial charge in [0.2, 0.25) is 5.91 Å². The standard InChI is InChI=1S/C12H19NO3S/c1-3-9-17(15,16)10-12(14)13(2)11-7-5-4-6-8-11/h1,11H,4-10H2,2H3. The van der Waals surface area contributed by atoms with Crippen LogP contribution in [0.25, 0.3) is 0 Å². The molecule has 0 N–H and O–H groups in total. The molecule has 1 rings (SSSR count). The van der Waals surface area contributed by atoms with E-state index in [4.69, 9.17) is 6.42 Å². The number of carbonyl (C=O) groups excluding carboxylic acids is 1. The maximum atomic E-state index is 11.8. The number of amides is 1. The fraction of sp³-hybridized carbons (Fsp3) is 0.750. The van der Waals surface area contributed by atoms with Crippen LogP contribution >= 0.6 is 0 Å². The fourth-order valence-electron chi connectivity index (χ4n) is 2.14.